The van der Waals surface area contributed by atoms with Gasteiger partial charge in [0.05, 0.1) is 22.7 Å². The number of furan rings is 1. The monoisotopic (exact) mass is 879 g/mol. The van der Waals surface area contributed by atoms with E-state index in [0.717, 1.165) is 100 Å². The lowest BCUT2D eigenvalue weighted by molar-refractivity contribution is 0.670. The summed E-state index contributed by atoms with van der Waals surface area (Å²) >= 11 is 0. The molecular formula is C65H41N3O. The first-order valence-corrected chi connectivity index (χ1v) is 23.3. The molecule has 0 aliphatic rings. The summed E-state index contributed by atoms with van der Waals surface area (Å²) in [6.45, 7) is 0. The number of nitrogens with zero attached hydrogens (tertiary/aromatic N) is 3. The molecule has 0 spiro atoms. The fraction of sp³-hybridized carbons (Fsp3) is 0. The van der Waals surface area contributed by atoms with E-state index in [2.05, 4.69) is 228 Å². The van der Waals surface area contributed by atoms with Crippen LogP contribution in [0.2, 0.25) is 0 Å². The van der Waals surface area contributed by atoms with Crippen LogP contribution in [0.4, 0.5) is 17.1 Å². The highest BCUT2D eigenvalue weighted by molar-refractivity contribution is 6.11. The van der Waals surface area contributed by atoms with Crippen molar-refractivity contribution in [3.8, 4) is 56.3 Å². The minimum absolute atomic E-state index is 0.635. The van der Waals surface area contributed by atoms with Crippen molar-refractivity contribution >= 4 is 71.6 Å². The van der Waals surface area contributed by atoms with E-state index in [1.807, 2.05) is 36.4 Å². The first-order chi connectivity index (χ1) is 34.1. The van der Waals surface area contributed by atoms with Gasteiger partial charge in [0.25, 0.3) is 0 Å². The molecule has 4 nitrogen and oxygen atoms in total. The average molecular weight is 880 g/mol. The number of para-hydroxylation sites is 4. The van der Waals surface area contributed by atoms with Crippen LogP contribution < -0.4 is 4.90 Å². The molecule has 0 saturated carbocycles. The van der Waals surface area contributed by atoms with Gasteiger partial charge in [-0.3, -0.25) is 0 Å². The van der Waals surface area contributed by atoms with Gasteiger partial charge >= 0.3 is 0 Å². The van der Waals surface area contributed by atoms with E-state index in [0.29, 0.717) is 5.56 Å². The maximum absolute atomic E-state index is 9.61. The second-order valence-electron chi connectivity index (χ2n) is 17.7. The van der Waals surface area contributed by atoms with Crippen LogP contribution in [-0.4, -0.2) is 4.57 Å². The third kappa shape index (κ3) is 7.01. The Morgan fingerprint density at radius 1 is 0.362 bits per heavy atom. The lowest BCUT2D eigenvalue weighted by atomic mass is 9.91. The molecule has 2 heterocycles. The molecule has 4 heteroatoms. The summed E-state index contributed by atoms with van der Waals surface area (Å²) < 4.78 is 8.98. The van der Waals surface area contributed by atoms with Gasteiger partial charge in [0, 0.05) is 49.9 Å². The van der Waals surface area contributed by atoms with Gasteiger partial charge in [-0.2, -0.15) is 5.26 Å². The van der Waals surface area contributed by atoms with Crippen molar-refractivity contribution < 1.29 is 4.42 Å². The highest BCUT2D eigenvalue weighted by atomic mass is 16.3. The minimum Gasteiger partial charge on any atom is -0.455 e. The average Bonchev–Trinajstić information content (AvgIpc) is 3.97. The molecule has 0 amide bonds. The highest BCUT2D eigenvalue weighted by Gasteiger charge is 2.19. The van der Waals surface area contributed by atoms with Crippen LogP contribution in [0, 0.1) is 11.3 Å². The molecular weight excluding hydrogens is 839 g/mol. The van der Waals surface area contributed by atoms with Crippen LogP contribution in [0.5, 0.6) is 0 Å². The van der Waals surface area contributed by atoms with E-state index < -0.39 is 0 Å². The number of hydrogen-bond acceptors (Lipinski definition) is 3. The molecule has 13 aromatic rings. The fourth-order valence-corrected chi connectivity index (χ4v) is 10.2. The van der Waals surface area contributed by atoms with E-state index in [9.17, 15) is 5.26 Å². The van der Waals surface area contributed by atoms with Crippen molar-refractivity contribution in [2.45, 2.75) is 0 Å². The topological polar surface area (TPSA) is 45.1 Å². The molecule has 322 valence electrons. The maximum Gasteiger partial charge on any atom is 0.143 e. The summed E-state index contributed by atoms with van der Waals surface area (Å²) in [7, 11) is 0. The minimum atomic E-state index is 0.635. The standard InChI is InChI=1S/C65H41N3O/c66-42-43-27-31-54(32-28-43)68-62-25-8-6-21-58(62)59-34-30-49(41-63(59)68)51-36-50(37-52(38-51)57-23-12-24-61-60-22-7-9-26-64(60)69-65(57)61)46-16-10-15-45(35-46)48-17-11-20-55(40-48)67(53-18-2-1-3-19-53)56-33-29-44-13-4-5-14-47(44)39-56/h1-41H. The van der Waals surface area contributed by atoms with Crippen LogP contribution in [0.15, 0.2) is 253 Å². The third-order valence-electron chi connectivity index (χ3n) is 13.5. The summed E-state index contributed by atoms with van der Waals surface area (Å²) in [5.74, 6) is 0. The number of rotatable bonds is 8. The summed E-state index contributed by atoms with van der Waals surface area (Å²) in [6, 6.07) is 90.8. The van der Waals surface area contributed by atoms with Crippen LogP contribution in [-0.2, 0) is 0 Å². The van der Waals surface area contributed by atoms with Gasteiger partial charge in [-0.15, -0.1) is 0 Å². The molecule has 0 saturated heterocycles. The predicted octanol–water partition coefficient (Wildman–Crippen LogP) is 17.8. The lowest BCUT2D eigenvalue weighted by Crippen LogP contribution is -2.09. The Hall–Kier alpha value is -9.43. The summed E-state index contributed by atoms with van der Waals surface area (Å²) in [5.41, 5.74) is 17.6. The molecule has 13 rings (SSSR count). The molecule has 0 radical (unpaired) electrons. The summed E-state index contributed by atoms with van der Waals surface area (Å²) in [4.78, 5) is 2.34. The number of anilines is 3. The maximum atomic E-state index is 9.61. The summed E-state index contributed by atoms with van der Waals surface area (Å²) in [6.07, 6.45) is 0. The zero-order chi connectivity index (χ0) is 45.8. The molecule has 0 atom stereocenters. The number of hydrogen-bond donors (Lipinski definition) is 0. The van der Waals surface area contributed by atoms with Crippen LogP contribution in [0.25, 0.3) is 105 Å². The Morgan fingerprint density at radius 2 is 0.957 bits per heavy atom. The van der Waals surface area contributed by atoms with Gasteiger partial charge in [-0.25, -0.2) is 0 Å². The fourth-order valence-electron chi connectivity index (χ4n) is 10.2. The summed E-state index contributed by atoms with van der Waals surface area (Å²) in [5, 5.41) is 16.6. The van der Waals surface area contributed by atoms with Gasteiger partial charge in [-0.05, 0) is 153 Å². The van der Waals surface area contributed by atoms with Gasteiger partial charge in [0.2, 0.25) is 0 Å². The smallest absolute Gasteiger partial charge is 0.143 e. The van der Waals surface area contributed by atoms with Crippen molar-refractivity contribution in [1.29, 1.82) is 5.26 Å². The van der Waals surface area contributed by atoms with Crippen LogP contribution in [0.3, 0.4) is 0 Å². The quantitative estimate of drug-likeness (QED) is 0.153. The van der Waals surface area contributed by atoms with Crippen molar-refractivity contribution in [3.63, 3.8) is 0 Å². The number of benzene rings is 11. The Kier molecular flexibility index (Phi) is 9.52. The highest BCUT2D eigenvalue weighted by Crippen LogP contribution is 2.43. The lowest BCUT2D eigenvalue weighted by Gasteiger charge is -2.26. The molecule has 2 aromatic heterocycles. The van der Waals surface area contributed by atoms with Gasteiger partial charge in [0.1, 0.15) is 11.2 Å². The molecule has 0 aliphatic carbocycles. The Labute approximate surface area is 399 Å². The molecule has 0 bridgehead atoms. The number of aromatic nitrogens is 1. The van der Waals surface area contributed by atoms with Crippen molar-refractivity contribution in [1.82, 2.24) is 4.57 Å². The third-order valence-corrected chi connectivity index (χ3v) is 13.5. The molecule has 0 N–H and O–H groups in total. The SMILES string of the molecule is N#Cc1ccc(-n2c3ccccc3c3ccc(-c4cc(-c5cccc(-c6cccc(N(c7ccccc7)c7ccc8ccccc8c7)c6)c5)cc(-c5cccc6c5oc5ccccc56)c4)cc32)cc1. The van der Waals surface area contributed by atoms with Crippen molar-refractivity contribution in [2.24, 2.45) is 0 Å². The zero-order valence-corrected chi connectivity index (χ0v) is 37.4. The predicted molar refractivity (Wildman–Crippen MR) is 287 cm³/mol. The molecule has 0 aliphatic heterocycles. The van der Waals surface area contributed by atoms with Gasteiger partial charge < -0.3 is 13.9 Å². The Bertz CT molecular complexity index is 4150. The normalized spacial score (nSPS) is 11.5. The van der Waals surface area contributed by atoms with Crippen molar-refractivity contribution in [3.05, 3.63) is 254 Å². The first-order valence-electron chi connectivity index (χ1n) is 23.3. The Balaban J connectivity index is 0.971. The van der Waals surface area contributed by atoms with Gasteiger partial charge in [-0.1, -0.05) is 146 Å². The van der Waals surface area contributed by atoms with Crippen LogP contribution in [0.1, 0.15) is 5.56 Å². The van der Waals surface area contributed by atoms with Crippen LogP contribution >= 0.6 is 0 Å². The molecule has 0 unspecified atom stereocenters. The largest absolute Gasteiger partial charge is 0.455 e. The van der Waals surface area contributed by atoms with E-state index in [4.69, 9.17) is 4.42 Å². The van der Waals surface area contributed by atoms with Gasteiger partial charge in [0.15, 0.2) is 0 Å². The molecule has 11 aromatic carbocycles. The second-order valence-corrected chi connectivity index (χ2v) is 17.7. The van der Waals surface area contributed by atoms with E-state index in [-0.39, 0.29) is 0 Å². The zero-order valence-electron chi connectivity index (χ0n) is 37.4. The molecule has 69 heavy (non-hydrogen) atoms. The second kappa shape index (κ2) is 16.5. The first kappa shape index (κ1) is 39.9. The van der Waals surface area contributed by atoms with E-state index >= 15 is 0 Å². The van der Waals surface area contributed by atoms with E-state index in [1.54, 1.807) is 0 Å². The van der Waals surface area contributed by atoms with Crippen molar-refractivity contribution in [2.75, 3.05) is 4.90 Å². The number of nitriles is 1. The Morgan fingerprint density at radius 3 is 1.78 bits per heavy atom. The van der Waals surface area contributed by atoms with E-state index in [1.165, 1.54) is 21.5 Å². The molecule has 0 fully saturated rings. The number of fused-ring (bicyclic) bond motifs is 7.